The predicted molar refractivity (Wildman–Crippen MR) is 73.7 cm³/mol. The van der Waals surface area contributed by atoms with Gasteiger partial charge in [0.25, 0.3) is 0 Å². The number of hydrogen-bond donors (Lipinski definition) is 3. The highest BCUT2D eigenvalue weighted by Crippen LogP contribution is 2.45. The molecule has 10 nitrogen and oxygen atoms in total. The molecule has 1 rings (SSSR count). The van der Waals surface area contributed by atoms with Crippen LogP contribution in [0.25, 0.3) is 0 Å². The van der Waals surface area contributed by atoms with Crippen molar-refractivity contribution in [2.75, 3.05) is 20.8 Å². The van der Waals surface area contributed by atoms with Gasteiger partial charge >= 0.3 is 13.8 Å². The lowest BCUT2D eigenvalue weighted by atomic mass is 10.1. The third-order valence-corrected chi connectivity index (χ3v) is 4.06. The Labute approximate surface area is 127 Å². The quantitative estimate of drug-likeness (QED) is 0.388. The molecule has 1 aliphatic heterocycles. The van der Waals surface area contributed by atoms with Gasteiger partial charge in [0.1, 0.15) is 6.10 Å². The molecule has 0 radical (unpaired) electrons. The number of carbonyl (C=O) groups excluding carboxylic acids is 2. The largest absolute Gasteiger partial charge is 0.472 e. The van der Waals surface area contributed by atoms with E-state index >= 15 is 0 Å². The molecule has 1 aliphatic rings. The molecule has 128 valence electrons. The molecular weight excluding hydrogens is 319 g/mol. The van der Waals surface area contributed by atoms with Gasteiger partial charge in [-0.3, -0.25) is 18.6 Å². The zero-order valence-electron chi connectivity index (χ0n) is 12.6. The van der Waals surface area contributed by atoms with Crippen LogP contribution in [0.3, 0.4) is 0 Å². The van der Waals surface area contributed by atoms with Crippen LogP contribution in [0.15, 0.2) is 0 Å². The number of amides is 1. The molecule has 0 aromatic carbocycles. The summed E-state index contributed by atoms with van der Waals surface area (Å²) in [6.45, 7) is 1.60. The second-order valence-electron chi connectivity index (χ2n) is 4.71. The monoisotopic (exact) mass is 340 g/mol. The molecule has 11 heteroatoms. The van der Waals surface area contributed by atoms with Gasteiger partial charge in [-0.05, 0) is 6.92 Å². The van der Waals surface area contributed by atoms with Gasteiger partial charge in [0.2, 0.25) is 5.91 Å². The molecule has 5 atom stereocenters. The van der Waals surface area contributed by atoms with Crippen molar-refractivity contribution in [1.29, 1.82) is 0 Å². The topological polar surface area (TPSA) is 146 Å². The minimum absolute atomic E-state index is 0.00347. The highest BCUT2D eigenvalue weighted by atomic mass is 31.2. The lowest BCUT2D eigenvalue weighted by Crippen LogP contribution is -2.42. The first-order chi connectivity index (χ1) is 10.2. The molecule has 4 N–H and O–H groups in total. The molecule has 1 saturated heterocycles. The fourth-order valence-electron chi connectivity index (χ4n) is 1.86. The minimum atomic E-state index is -4.25. The maximum atomic E-state index is 11.8. The lowest BCUT2D eigenvalue weighted by molar-refractivity contribution is -0.154. The van der Waals surface area contributed by atoms with Crippen LogP contribution in [-0.4, -0.2) is 61.9 Å². The van der Waals surface area contributed by atoms with Gasteiger partial charge in [-0.25, -0.2) is 4.57 Å². The fourth-order valence-corrected chi connectivity index (χ4v) is 2.57. The number of esters is 1. The van der Waals surface area contributed by atoms with Crippen molar-refractivity contribution < 1.29 is 37.6 Å². The van der Waals surface area contributed by atoms with Gasteiger partial charge < -0.3 is 25.4 Å². The summed E-state index contributed by atoms with van der Waals surface area (Å²) < 4.78 is 31.1. The van der Waals surface area contributed by atoms with Gasteiger partial charge in [0, 0.05) is 14.2 Å². The molecule has 0 aromatic rings. The highest BCUT2D eigenvalue weighted by molar-refractivity contribution is 7.47. The van der Waals surface area contributed by atoms with Crippen molar-refractivity contribution in [1.82, 2.24) is 5.32 Å². The highest BCUT2D eigenvalue weighted by Gasteiger charge is 2.43. The maximum Gasteiger partial charge on any atom is 0.472 e. The number of nitrogens with one attached hydrogen (secondary N) is 1. The first kappa shape index (κ1) is 19.0. The number of likely N-dealkylation sites (N-methyl/N-ethyl adjacent to an activating group) is 1. The van der Waals surface area contributed by atoms with Crippen LogP contribution in [0.4, 0.5) is 0 Å². The number of phosphoric acid groups is 1. The first-order valence-corrected chi connectivity index (χ1v) is 8.05. The molecule has 22 heavy (non-hydrogen) atoms. The number of ether oxygens (including phenoxy) is 2. The van der Waals surface area contributed by atoms with Gasteiger partial charge in [-0.15, -0.1) is 0 Å². The molecule has 0 spiro atoms. The van der Waals surface area contributed by atoms with Crippen LogP contribution in [0.2, 0.25) is 0 Å². The van der Waals surface area contributed by atoms with E-state index < -0.39 is 44.1 Å². The summed E-state index contributed by atoms with van der Waals surface area (Å²) in [5.41, 5.74) is 5.51. The third kappa shape index (κ3) is 5.31. The van der Waals surface area contributed by atoms with Crippen molar-refractivity contribution in [2.45, 2.75) is 37.7 Å². The average Bonchev–Trinajstić information content (AvgIpc) is 2.78. The van der Waals surface area contributed by atoms with E-state index in [9.17, 15) is 19.0 Å². The molecule has 1 fully saturated rings. The lowest BCUT2D eigenvalue weighted by Gasteiger charge is -2.23. The van der Waals surface area contributed by atoms with Crippen LogP contribution in [-0.2, 0) is 32.7 Å². The number of phosphoric ester groups is 1. The van der Waals surface area contributed by atoms with E-state index in [1.165, 1.54) is 7.05 Å². The van der Waals surface area contributed by atoms with Crippen molar-refractivity contribution >= 4 is 19.7 Å². The number of rotatable bonds is 7. The van der Waals surface area contributed by atoms with Crippen LogP contribution in [0, 0.1) is 0 Å². The van der Waals surface area contributed by atoms with Gasteiger partial charge in [-0.2, -0.15) is 0 Å². The van der Waals surface area contributed by atoms with Crippen molar-refractivity contribution in [3.05, 3.63) is 0 Å². The van der Waals surface area contributed by atoms with Crippen LogP contribution in [0.1, 0.15) is 13.3 Å². The van der Waals surface area contributed by atoms with E-state index in [0.717, 1.165) is 7.11 Å². The Balaban J connectivity index is 2.61. The maximum absolute atomic E-state index is 11.8. The first-order valence-electron chi connectivity index (χ1n) is 6.55. The second-order valence-corrected chi connectivity index (χ2v) is 6.23. The summed E-state index contributed by atoms with van der Waals surface area (Å²) >= 11 is 0. The second kappa shape index (κ2) is 8.00. The number of hydrogen-bond acceptors (Lipinski definition) is 8. The standard InChI is InChI=1S/C11H21N2O8P/c1-6-10(21-22(16,17)18-3)8(5-19-6)20-9(14)4-7(12)11(15)13-2/h6-8,10H,4-5,12H2,1-3H3,(H,13,15)(H,16,17)/t6-,7?,8-,10?/m1/s1. The SMILES string of the molecule is CNC(=O)C(N)CC(=O)O[C@@H]1CO[C@H](C)C1OP(=O)(O)OC. The Hall–Kier alpha value is -1.03. The third-order valence-electron chi connectivity index (χ3n) is 3.09. The molecule has 0 saturated carbocycles. The van der Waals surface area contributed by atoms with E-state index in [1.54, 1.807) is 6.92 Å². The smallest absolute Gasteiger partial charge is 0.457 e. The van der Waals surface area contributed by atoms with E-state index in [2.05, 4.69) is 9.84 Å². The summed E-state index contributed by atoms with van der Waals surface area (Å²) in [6, 6.07) is -1.04. The Morgan fingerprint density at radius 1 is 1.55 bits per heavy atom. The summed E-state index contributed by atoms with van der Waals surface area (Å²) in [6.07, 6.45) is -2.76. The molecule has 0 aromatic heterocycles. The molecule has 1 heterocycles. The Morgan fingerprint density at radius 3 is 2.73 bits per heavy atom. The van der Waals surface area contributed by atoms with E-state index in [1.807, 2.05) is 0 Å². The zero-order chi connectivity index (χ0) is 16.9. The molecule has 0 bridgehead atoms. The van der Waals surface area contributed by atoms with Crippen LogP contribution >= 0.6 is 7.82 Å². The van der Waals surface area contributed by atoms with Crippen LogP contribution < -0.4 is 11.1 Å². The van der Waals surface area contributed by atoms with Gasteiger partial charge in [0.05, 0.1) is 25.2 Å². The van der Waals surface area contributed by atoms with Crippen molar-refractivity contribution in [3.8, 4) is 0 Å². The summed E-state index contributed by atoms with van der Waals surface area (Å²) in [5, 5.41) is 2.31. The Kier molecular flexibility index (Phi) is 6.92. The van der Waals surface area contributed by atoms with Gasteiger partial charge in [-0.1, -0.05) is 0 Å². The molecule has 0 aliphatic carbocycles. The minimum Gasteiger partial charge on any atom is -0.457 e. The number of nitrogens with two attached hydrogens (primary N) is 1. The van der Waals surface area contributed by atoms with E-state index in [4.69, 9.17) is 19.7 Å². The van der Waals surface area contributed by atoms with E-state index in [-0.39, 0.29) is 13.0 Å². The molecular formula is C11H21N2O8P. The van der Waals surface area contributed by atoms with Crippen LogP contribution in [0.5, 0.6) is 0 Å². The fraction of sp³-hybridized carbons (Fsp3) is 0.818. The summed E-state index contributed by atoms with van der Waals surface area (Å²) in [4.78, 5) is 32.4. The van der Waals surface area contributed by atoms with Gasteiger partial charge in [0.15, 0.2) is 6.10 Å². The molecule has 3 unspecified atom stereocenters. The average molecular weight is 340 g/mol. The Morgan fingerprint density at radius 2 is 2.18 bits per heavy atom. The summed E-state index contributed by atoms with van der Waals surface area (Å²) in [5.74, 6) is -1.24. The zero-order valence-corrected chi connectivity index (χ0v) is 13.4. The van der Waals surface area contributed by atoms with Crippen molar-refractivity contribution in [2.24, 2.45) is 5.73 Å². The predicted octanol–water partition coefficient (Wildman–Crippen LogP) is -1.09. The Bertz CT molecular complexity index is 459. The summed E-state index contributed by atoms with van der Waals surface area (Å²) in [7, 11) is -1.83. The number of carbonyl (C=O) groups is 2. The van der Waals surface area contributed by atoms with E-state index in [0.29, 0.717) is 0 Å². The normalized spacial score (nSPS) is 28.7. The van der Waals surface area contributed by atoms with Crippen molar-refractivity contribution in [3.63, 3.8) is 0 Å². The molecule has 1 amide bonds.